The van der Waals surface area contributed by atoms with Crippen molar-refractivity contribution >= 4 is 11.6 Å². The largest absolute Gasteiger partial charge is 0.384 e. The molecule has 1 rings (SSSR count). The van der Waals surface area contributed by atoms with E-state index in [-0.39, 0.29) is 0 Å². The van der Waals surface area contributed by atoms with Gasteiger partial charge in [-0.3, -0.25) is 0 Å². The van der Waals surface area contributed by atoms with Crippen molar-refractivity contribution in [3.05, 3.63) is 11.9 Å². The number of nitrogens with one attached hydrogen (secondary N) is 1. The van der Waals surface area contributed by atoms with Crippen LogP contribution in [0.15, 0.2) is 6.07 Å². The molecule has 0 spiro atoms. The van der Waals surface area contributed by atoms with Gasteiger partial charge in [0.1, 0.15) is 18.2 Å². The van der Waals surface area contributed by atoms with Crippen LogP contribution in [0, 0.1) is 5.92 Å². The summed E-state index contributed by atoms with van der Waals surface area (Å²) in [6.45, 7) is 5.73. The van der Waals surface area contributed by atoms with Crippen LogP contribution < -0.4 is 11.1 Å². The van der Waals surface area contributed by atoms with Crippen LogP contribution >= 0.6 is 0 Å². The second kappa shape index (κ2) is 7.06. The van der Waals surface area contributed by atoms with Crippen LogP contribution in [0.25, 0.3) is 0 Å². The Balaban J connectivity index is 2.46. The van der Waals surface area contributed by atoms with Gasteiger partial charge >= 0.3 is 0 Å². The average molecular weight is 238 g/mol. The minimum Gasteiger partial charge on any atom is -0.384 e. The molecule has 1 aromatic heterocycles. The summed E-state index contributed by atoms with van der Waals surface area (Å²) in [6.07, 6.45) is 2.33. The summed E-state index contributed by atoms with van der Waals surface area (Å²) in [4.78, 5) is 8.39. The number of anilines is 2. The van der Waals surface area contributed by atoms with Crippen LogP contribution in [0.5, 0.6) is 0 Å². The molecule has 0 saturated carbocycles. The van der Waals surface area contributed by atoms with Crippen molar-refractivity contribution in [3.63, 3.8) is 0 Å². The lowest BCUT2D eigenvalue weighted by Crippen LogP contribution is -2.08. The van der Waals surface area contributed by atoms with Crippen LogP contribution in [-0.4, -0.2) is 23.6 Å². The summed E-state index contributed by atoms with van der Waals surface area (Å²) in [5.74, 6) is 2.59. The number of nitrogen functional groups attached to an aromatic ring is 1. The Bertz CT molecular complexity index is 341. The first-order chi connectivity index (χ1) is 8.11. The fraction of sp³-hybridized carbons (Fsp3) is 0.667. The molecule has 3 N–H and O–H groups in total. The van der Waals surface area contributed by atoms with Gasteiger partial charge in [-0.15, -0.1) is 0 Å². The molecule has 5 heteroatoms. The molecule has 0 fully saturated rings. The lowest BCUT2D eigenvalue weighted by molar-refractivity contribution is 0.178. The van der Waals surface area contributed by atoms with E-state index < -0.39 is 0 Å². The van der Waals surface area contributed by atoms with Gasteiger partial charge in [-0.1, -0.05) is 13.8 Å². The summed E-state index contributed by atoms with van der Waals surface area (Å²) in [5.41, 5.74) is 5.70. The number of methoxy groups -OCH3 is 1. The number of hydrogen-bond donors (Lipinski definition) is 2. The standard InChI is InChI=1S/C12H22N4O/c1-9(2)5-4-6-14-11-7-10(13)15-12(16-11)8-17-3/h7,9H,4-6,8H2,1-3H3,(H3,13,14,15,16). The fourth-order valence-electron chi connectivity index (χ4n) is 1.53. The van der Waals surface area contributed by atoms with Gasteiger partial charge in [-0.2, -0.15) is 0 Å². The predicted octanol–water partition coefficient (Wildman–Crippen LogP) is 2.05. The molecule has 0 bridgehead atoms. The van der Waals surface area contributed by atoms with Crippen LogP contribution in [0.1, 0.15) is 32.5 Å². The molecule has 0 aliphatic rings. The van der Waals surface area contributed by atoms with E-state index in [0.717, 1.165) is 24.7 Å². The first kappa shape index (κ1) is 13.7. The second-order valence-corrected chi connectivity index (χ2v) is 4.49. The zero-order valence-corrected chi connectivity index (χ0v) is 10.9. The fourth-order valence-corrected chi connectivity index (χ4v) is 1.53. The van der Waals surface area contributed by atoms with Gasteiger partial charge in [0, 0.05) is 19.7 Å². The molecular weight excluding hydrogens is 216 g/mol. The summed E-state index contributed by atoms with van der Waals surface area (Å²) >= 11 is 0. The molecule has 1 aromatic rings. The van der Waals surface area contributed by atoms with Crippen LogP contribution in [-0.2, 0) is 11.3 Å². The van der Waals surface area contributed by atoms with Crippen LogP contribution in [0.3, 0.4) is 0 Å². The Hall–Kier alpha value is -1.36. The zero-order valence-electron chi connectivity index (χ0n) is 10.9. The summed E-state index contributed by atoms with van der Waals surface area (Å²) < 4.78 is 4.99. The summed E-state index contributed by atoms with van der Waals surface area (Å²) in [7, 11) is 1.61. The SMILES string of the molecule is COCc1nc(N)cc(NCCCC(C)C)n1. The number of aromatic nitrogens is 2. The number of ether oxygens (including phenoxy) is 1. The smallest absolute Gasteiger partial charge is 0.158 e. The van der Waals surface area contributed by atoms with E-state index in [4.69, 9.17) is 10.5 Å². The van der Waals surface area contributed by atoms with Crippen molar-refractivity contribution in [2.24, 2.45) is 5.92 Å². The van der Waals surface area contributed by atoms with E-state index >= 15 is 0 Å². The highest BCUT2D eigenvalue weighted by Gasteiger charge is 2.02. The van der Waals surface area contributed by atoms with Crippen LogP contribution in [0.4, 0.5) is 11.6 Å². The zero-order chi connectivity index (χ0) is 12.7. The third-order valence-electron chi connectivity index (χ3n) is 2.33. The molecule has 1 heterocycles. The summed E-state index contributed by atoms with van der Waals surface area (Å²) in [6, 6.07) is 1.74. The van der Waals surface area contributed by atoms with Crippen molar-refractivity contribution in [2.45, 2.75) is 33.3 Å². The van der Waals surface area contributed by atoms with Gasteiger partial charge in [-0.25, -0.2) is 9.97 Å². The third kappa shape index (κ3) is 5.49. The van der Waals surface area contributed by atoms with E-state index in [2.05, 4.69) is 29.1 Å². The predicted molar refractivity (Wildman–Crippen MR) is 69.7 cm³/mol. The number of nitrogens with zero attached hydrogens (tertiary/aromatic N) is 2. The van der Waals surface area contributed by atoms with Crippen LogP contribution in [0.2, 0.25) is 0 Å². The normalized spacial score (nSPS) is 10.8. The second-order valence-electron chi connectivity index (χ2n) is 4.49. The molecular formula is C12H22N4O. The Morgan fingerprint density at radius 1 is 1.41 bits per heavy atom. The molecule has 96 valence electrons. The van der Waals surface area contributed by atoms with Gasteiger partial charge in [0.25, 0.3) is 0 Å². The molecule has 0 atom stereocenters. The number of rotatable bonds is 7. The van der Waals surface area contributed by atoms with Crippen molar-refractivity contribution in [1.29, 1.82) is 0 Å². The quantitative estimate of drug-likeness (QED) is 0.711. The van der Waals surface area contributed by atoms with Gasteiger partial charge in [-0.05, 0) is 18.8 Å². The molecule has 0 amide bonds. The van der Waals surface area contributed by atoms with E-state index in [0.29, 0.717) is 18.2 Å². The van der Waals surface area contributed by atoms with E-state index in [9.17, 15) is 0 Å². The van der Waals surface area contributed by atoms with Gasteiger partial charge in [0.05, 0.1) is 0 Å². The topological polar surface area (TPSA) is 73.1 Å². The van der Waals surface area contributed by atoms with E-state index in [1.54, 1.807) is 13.2 Å². The highest BCUT2D eigenvalue weighted by Crippen LogP contribution is 2.10. The average Bonchev–Trinajstić information content (AvgIpc) is 2.24. The monoisotopic (exact) mass is 238 g/mol. The molecule has 0 aliphatic heterocycles. The van der Waals surface area contributed by atoms with E-state index in [1.807, 2.05) is 0 Å². The van der Waals surface area contributed by atoms with Crippen molar-refractivity contribution < 1.29 is 4.74 Å². The number of hydrogen-bond acceptors (Lipinski definition) is 5. The summed E-state index contributed by atoms with van der Waals surface area (Å²) in [5, 5.41) is 3.25. The first-order valence-corrected chi connectivity index (χ1v) is 5.98. The third-order valence-corrected chi connectivity index (χ3v) is 2.33. The number of nitrogens with two attached hydrogens (primary N) is 1. The minimum absolute atomic E-state index is 0.381. The Morgan fingerprint density at radius 2 is 2.18 bits per heavy atom. The minimum atomic E-state index is 0.381. The molecule has 0 radical (unpaired) electrons. The maximum atomic E-state index is 5.70. The van der Waals surface area contributed by atoms with Crippen molar-refractivity contribution in [3.8, 4) is 0 Å². The first-order valence-electron chi connectivity index (χ1n) is 5.98. The highest BCUT2D eigenvalue weighted by atomic mass is 16.5. The Labute approximate surface area is 103 Å². The molecule has 0 saturated heterocycles. The van der Waals surface area contributed by atoms with Crippen molar-refractivity contribution in [2.75, 3.05) is 24.7 Å². The Kier molecular flexibility index (Phi) is 5.69. The highest BCUT2D eigenvalue weighted by molar-refractivity contribution is 5.44. The van der Waals surface area contributed by atoms with Gasteiger partial charge in [0.15, 0.2) is 5.82 Å². The maximum absolute atomic E-state index is 5.70. The van der Waals surface area contributed by atoms with Gasteiger partial charge in [0.2, 0.25) is 0 Å². The molecule has 0 aliphatic carbocycles. The van der Waals surface area contributed by atoms with Gasteiger partial charge < -0.3 is 15.8 Å². The molecule has 5 nitrogen and oxygen atoms in total. The molecule has 0 unspecified atom stereocenters. The molecule has 0 aromatic carbocycles. The lowest BCUT2D eigenvalue weighted by Gasteiger charge is -2.09. The van der Waals surface area contributed by atoms with E-state index in [1.165, 1.54) is 6.42 Å². The molecule has 17 heavy (non-hydrogen) atoms. The van der Waals surface area contributed by atoms with Crippen molar-refractivity contribution in [1.82, 2.24) is 9.97 Å². The lowest BCUT2D eigenvalue weighted by atomic mass is 10.1. The Morgan fingerprint density at radius 3 is 2.82 bits per heavy atom. The maximum Gasteiger partial charge on any atom is 0.158 e.